The Morgan fingerprint density at radius 2 is 1.16 bits per heavy atom. The van der Waals surface area contributed by atoms with Crippen LogP contribution in [0.3, 0.4) is 0 Å². The van der Waals surface area contributed by atoms with Crippen LogP contribution in [0, 0.1) is 15.9 Å². The summed E-state index contributed by atoms with van der Waals surface area (Å²) in [6.07, 6.45) is 3.12. The van der Waals surface area contributed by atoms with Crippen LogP contribution >= 0.6 is 11.8 Å². The molecule has 63 heavy (non-hydrogen) atoms. The molecule has 12 rings (SSSR count). The van der Waals surface area contributed by atoms with Crippen LogP contribution in [0.25, 0.3) is 83.4 Å². The molecule has 0 fully saturated rings. The van der Waals surface area contributed by atoms with Gasteiger partial charge in [-0.05, 0) is 23.6 Å². The molecule has 0 radical (unpaired) electrons. The molecule has 304 valence electrons. The number of rotatable bonds is 8. The Kier molecular flexibility index (Phi) is 9.43. The molecule has 0 saturated heterocycles. The second-order valence-electron chi connectivity index (χ2n) is 15.6. The number of thioether (sulfide) groups is 1. The zero-order valence-corrected chi connectivity index (χ0v) is 36.9. The van der Waals surface area contributed by atoms with E-state index < -0.39 is 0 Å². The predicted octanol–water partition coefficient (Wildman–Crippen LogP) is 14.0. The second kappa shape index (κ2) is 15.7. The van der Waals surface area contributed by atoms with Gasteiger partial charge in [0, 0.05) is 22.4 Å². The number of aromatic nitrogens is 4. The van der Waals surface area contributed by atoms with Crippen molar-refractivity contribution >= 4 is 44.6 Å². The van der Waals surface area contributed by atoms with Gasteiger partial charge in [-0.1, -0.05) is 30.3 Å². The Labute approximate surface area is 379 Å². The van der Waals surface area contributed by atoms with Crippen LogP contribution in [0.4, 0.5) is 0 Å². The van der Waals surface area contributed by atoms with Gasteiger partial charge in [-0.25, -0.2) is 0 Å². The summed E-state index contributed by atoms with van der Waals surface area (Å²) in [6.45, 7) is 0. The number of aryl methyl sites for hydroxylation is 1. The molecule has 0 atom stereocenters. The van der Waals surface area contributed by atoms with Crippen LogP contribution in [0.2, 0.25) is 0 Å². The molecule has 5 nitrogen and oxygen atoms in total. The molecule has 0 bridgehead atoms. The third-order valence-electron chi connectivity index (χ3n) is 11.9. The average Bonchev–Trinajstić information content (AvgIpc) is 4.04. The van der Waals surface area contributed by atoms with Crippen LogP contribution < -0.4 is 4.74 Å². The third kappa shape index (κ3) is 6.52. The Morgan fingerprint density at radius 1 is 0.508 bits per heavy atom. The normalized spacial score (nSPS) is 12.3. The summed E-state index contributed by atoms with van der Waals surface area (Å²) in [6, 6.07) is 73.4. The summed E-state index contributed by atoms with van der Waals surface area (Å²) in [7, 11) is 0. The molecule has 0 aliphatic carbocycles. The predicted molar refractivity (Wildman–Crippen MR) is 253 cm³/mol. The molecule has 3 aromatic heterocycles. The van der Waals surface area contributed by atoms with Gasteiger partial charge in [0.15, 0.2) is 0 Å². The van der Waals surface area contributed by atoms with Gasteiger partial charge in [-0.3, -0.25) is 0 Å². The topological polar surface area (TPSA) is 36.9 Å². The Bertz CT molecular complexity index is 3530. The van der Waals surface area contributed by atoms with E-state index in [-0.39, 0.29) is 0 Å². The maximum atomic E-state index is 6.68. The molecule has 7 heteroatoms. The number of ether oxygens (including phenoxy) is 1. The second-order valence-corrected chi connectivity index (χ2v) is 17.7. The fraction of sp³-hybridized carbons (Fsp3) is 0.0357. The van der Waals surface area contributed by atoms with E-state index in [1.165, 1.54) is 16.0 Å². The number of imidazole rings is 1. The van der Waals surface area contributed by atoms with Crippen molar-refractivity contribution in [1.82, 2.24) is 18.7 Å². The molecule has 0 amide bonds. The molecule has 1 aliphatic heterocycles. The van der Waals surface area contributed by atoms with Crippen molar-refractivity contribution < 1.29 is 24.1 Å². The van der Waals surface area contributed by atoms with Crippen LogP contribution in [0.5, 0.6) is 11.5 Å². The van der Waals surface area contributed by atoms with Crippen molar-refractivity contribution in [3.63, 3.8) is 0 Å². The zero-order chi connectivity index (χ0) is 41.9. The maximum absolute atomic E-state index is 6.68. The molecule has 0 N–H and O–H groups in total. The van der Waals surface area contributed by atoms with E-state index in [4.69, 9.17) is 9.72 Å². The number of nitrogens with zero attached hydrogens (tertiary/aromatic N) is 4. The van der Waals surface area contributed by atoms with Crippen LogP contribution in [-0.2, 0) is 25.8 Å². The van der Waals surface area contributed by atoms with Crippen molar-refractivity contribution in [2.45, 2.75) is 11.3 Å². The van der Waals surface area contributed by atoms with Gasteiger partial charge in [0.2, 0.25) is 0 Å². The standard InChI is InChI=1S/C56H36N4OS.Pt/c1-3-14-38(15-4-1)45-22-13-23-46(39-16-5-2-6-17-39)55(45)59-37-58(51-26-9-10-27-52(51)59)42-19-12-20-43(34-42)61-44-29-30-49-48-21-7-8-25-50(48)60(53(49)35-44)54-31-28-41(36-57-54)47-24-11-18-40-32-33-62-56(40)47;/h1-31,36H,32-33H2;/q-2;. The summed E-state index contributed by atoms with van der Waals surface area (Å²) in [5.41, 5.74) is 14.5. The van der Waals surface area contributed by atoms with Crippen molar-refractivity contribution in [3.8, 4) is 62.1 Å². The average molecular weight is 1010 g/mol. The fourth-order valence-corrected chi connectivity index (χ4v) is 11.4. The van der Waals surface area contributed by atoms with E-state index in [9.17, 15) is 0 Å². The minimum absolute atomic E-state index is 0.594. The summed E-state index contributed by atoms with van der Waals surface area (Å²) in [5.74, 6) is 3.15. The van der Waals surface area contributed by atoms with E-state index in [0.717, 1.165) is 93.8 Å². The Morgan fingerprint density at radius 3 is 1.90 bits per heavy atom. The van der Waals surface area contributed by atoms with E-state index in [1.807, 2.05) is 36.2 Å². The van der Waals surface area contributed by atoms with Crippen molar-refractivity contribution in [2.24, 2.45) is 0 Å². The van der Waals surface area contributed by atoms with Crippen molar-refractivity contribution in [2.75, 3.05) is 5.75 Å². The number of fused-ring (bicyclic) bond motifs is 5. The summed E-state index contributed by atoms with van der Waals surface area (Å²) in [4.78, 5) is 6.44. The van der Waals surface area contributed by atoms with Gasteiger partial charge in [0.1, 0.15) is 0 Å². The quantitative estimate of drug-likeness (QED) is 0.142. The molecule has 0 saturated carbocycles. The SMILES string of the molecule is [Pt]=[c]1n(-c2[c-]c(Oc3[c-]c4c(cc3)c3ccccc3n4-c3ccc(-c4cccc5c4SCC5)cn3)ccc2)c2ccccc2n1-c1c(-c2ccccc2)cccc1-c1ccccc1. The van der Waals surface area contributed by atoms with E-state index in [0.29, 0.717) is 11.5 Å². The summed E-state index contributed by atoms with van der Waals surface area (Å²) in [5, 5.41) is 2.22. The van der Waals surface area contributed by atoms with Gasteiger partial charge in [-0.15, -0.1) is 11.8 Å². The fourth-order valence-electron chi connectivity index (χ4n) is 9.08. The minimum atomic E-state index is 0.594. The molecule has 11 aromatic rings. The number of hydrogen-bond acceptors (Lipinski definition) is 3. The van der Waals surface area contributed by atoms with Crippen molar-refractivity contribution in [3.05, 3.63) is 216 Å². The monoisotopic (exact) mass is 1010 g/mol. The Balaban J connectivity index is 0.952. The first-order chi connectivity index (χ1) is 31.2. The van der Waals surface area contributed by atoms with E-state index in [2.05, 4.69) is 215 Å². The Hall–Kier alpha value is -6.98. The van der Waals surface area contributed by atoms with E-state index in [1.54, 1.807) is 0 Å². The first kappa shape index (κ1) is 37.8. The van der Waals surface area contributed by atoms with Gasteiger partial charge in [-0.2, -0.15) is 0 Å². The van der Waals surface area contributed by atoms with Crippen LogP contribution in [0.15, 0.2) is 199 Å². The summed E-state index contributed by atoms with van der Waals surface area (Å²) >= 11 is 4.41. The number of benzene rings is 8. The van der Waals surface area contributed by atoms with Gasteiger partial charge in [0.05, 0.1) is 0 Å². The molecule has 0 unspecified atom stereocenters. The first-order valence-electron chi connectivity index (χ1n) is 21.0. The molecule has 4 heterocycles. The van der Waals surface area contributed by atoms with Gasteiger partial charge in [0.25, 0.3) is 0 Å². The molecular formula is C56H36N4OPtS-2. The van der Waals surface area contributed by atoms with Crippen molar-refractivity contribution in [1.29, 1.82) is 0 Å². The van der Waals surface area contributed by atoms with Crippen LogP contribution in [-0.4, -0.2) is 24.4 Å². The number of para-hydroxylation sites is 4. The number of hydrogen-bond donors (Lipinski definition) is 0. The molecule has 8 aromatic carbocycles. The van der Waals surface area contributed by atoms with Gasteiger partial charge >= 0.3 is 294 Å². The summed E-state index contributed by atoms with van der Waals surface area (Å²) < 4.78 is 14.5. The number of pyridine rings is 1. The van der Waals surface area contributed by atoms with Gasteiger partial charge < -0.3 is 0 Å². The molecule has 0 spiro atoms. The van der Waals surface area contributed by atoms with Crippen LogP contribution in [0.1, 0.15) is 5.56 Å². The van der Waals surface area contributed by atoms with E-state index >= 15 is 0 Å². The molecular weight excluding hydrogens is 972 g/mol. The third-order valence-corrected chi connectivity index (χ3v) is 14.1. The zero-order valence-electron chi connectivity index (χ0n) is 33.8. The first-order valence-corrected chi connectivity index (χ1v) is 23.1. The molecule has 1 aliphatic rings.